The van der Waals surface area contributed by atoms with Crippen LogP contribution in [0.2, 0.25) is 0 Å². The second kappa shape index (κ2) is 9.72. The molecule has 2 aliphatic rings. The van der Waals surface area contributed by atoms with Crippen molar-refractivity contribution in [1.29, 1.82) is 0 Å². The number of esters is 2. The van der Waals surface area contributed by atoms with Gasteiger partial charge in [0.05, 0.1) is 7.11 Å². The average Bonchev–Trinajstić information content (AvgIpc) is 2.70. The predicted molar refractivity (Wildman–Crippen MR) is 115 cm³/mol. The lowest BCUT2D eigenvalue weighted by molar-refractivity contribution is -0.222. The summed E-state index contributed by atoms with van der Waals surface area (Å²) in [5.74, 6) is -2.34. The molecule has 0 aromatic heterocycles. The number of hydrogen-bond donors (Lipinski definition) is 1. The van der Waals surface area contributed by atoms with E-state index in [4.69, 9.17) is 18.9 Å². The van der Waals surface area contributed by atoms with Gasteiger partial charge in [-0.3, -0.25) is 4.79 Å². The molecule has 8 nitrogen and oxygen atoms in total. The smallest absolute Gasteiger partial charge is 0.348 e. The number of methoxy groups -OCH3 is 1. The van der Waals surface area contributed by atoms with Gasteiger partial charge >= 0.3 is 11.9 Å². The summed E-state index contributed by atoms with van der Waals surface area (Å²) in [5, 5.41) is 2.99. The highest BCUT2D eigenvalue weighted by molar-refractivity contribution is 9.10. The van der Waals surface area contributed by atoms with Crippen LogP contribution in [-0.2, 0) is 23.9 Å². The minimum absolute atomic E-state index is 0.145. The number of amides is 1. The number of halogens is 1. The molecule has 0 bridgehead atoms. The number of ether oxygens (including phenoxy) is 4. The maximum absolute atomic E-state index is 12.2. The molecule has 1 saturated heterocycles. The van der Waals surface area contributed by atoms with Crippen molar-refractivity contribution in [3.63, 3.8) is 0 Å². The van der Waals surface area contributed by atoms with Crippen molar-refractivity contribution >= 4 is 39.9 Å². The van der Waals surface area contributed by atoms with Crippen LogP contribution < -0.4 is 14.8 Å². The van der Waals surface area contributed by atoms with Crippen molar-refractivity contribution in [2.45, 2.75) is 57.8 Å². The number of carbonyl (C=O) groups excluding carboxylic acids is 3. The highest BCUT2D eigenvalue weighted by atomic mass is 79.9. The van der Waals surface area contributed by atoms with Crippen LogP contribution in [0.4, 0.5) is 0 Å². The third-order valence-corrected chi connectivity index (χ3v) is 5.72. The summed E-state index contributed by atoms with van der Waals surface area (Å²) < 4.78 is 21.8. The van der Waals surface area contributed by atoms with Gasteiger partial charge in [-0.05, 0) is 36.6 Å². The van der Waals surface area contributed by atoms with E-state index in [0.29, 0.717) is 21.5 Å². The first-order chi connectivity index (χ1) is 14.7. The molecule has 1 amide bonds. The molecule has 3 rings (SSSR count). The van der Waals surface area contributed by atoms with Crippen molar-refractivity contribution in [1.82, 2.24) is 5.32 Å². The molecular formula is C22H26BrNO7. The maximum atomic E-state index is 12.2. The normalized spacial score (nSPS) is 18.6. The molecule has 1 saturated carbocycles. The Kier molecular flexibility index (Phi) is 7.25. The highest BCUT2D eigenvalue weighted by Gasteiger charge is 2.39. The lowest BCUT2D eigenvalue weighted by Crippen LogP contribution is -2.41. The summed E-state index contributed by atoms with van der Waals surface area (Å²) in [7, 11) is 1.46. The molecule has 9 heteroatoms. The Morgan fingerprint density at radius 2 is 1.81 bits per heavy atom. The SMILES string of the molecule is COc1cc(C=C2C(=O)OC(C)(C)OC2=O)c(Br)cc1OCC(=O)NC1CCCCC1. The highest BCUT2D eigenvalue weighted by Crippen LogP contribution is 2.35. The van der Waals surface area contributed by atoms with Gasteiger partial charge in [-0.1, -0.05) is 35.2 Å². The number of nitrogens with one attached hydrogen (secondary N) is 1. The Balaban J connectivity index is 1.72. The Morgan fingerprint density at radius 1 is 1.16 bits per heavy atom. The van der Waals surface area contributed by atoms with Crippen LogP contribution >= 0.6 is 15.9 Å². The van der Waals surface area contributed by atoms with Gasteiger partial charge in [-0.25, -0.2) is 9.59 Å². The molecule has 1 N–H and O–H groups in total. The molecule has 1 aliphatic heterocycles. The minimum Gasteiger partial charge on any atom is -0.493 e. The number of carbonyl (C=O) groups is 3. The molecule has 0 radical (unpaired) electrons. The van der Waals surface area contributed by atoms with Crippen LogP contribution in [0.5, 0.6) is 11.5 Å². The van der Waals surface area contributed by atoms with Gasteiger partial charge in [0.1, 0.15) is 5.57 Å². The van der Waals surface area contributed by atoms with E-state index in [2.05, 4.69) is 21.2 Å². The number of rotatable bonds is 6. The van der Waals surface area contributed by atoms with Crippen LogP contribution in [0.15, 0.2) is 22.2 Å². The van der Waals surface area contributed by atoms with Crippen LogP contribution in [0, 0.1) is 0 Å². The van der Waals surface area contributed by atoms with Crippen LogP contribution in [0.3, 0.4) is 0 Å². The second-order valence-electron chi connectivity index (χ2n) is 7.95. The van der Waals surface area contributed by atoms with Crippen molar-refractivity contribution in [2.75, 3.05) is 13.7 Å². The second-order valence-corrected chi connectivity index (χ2v) is 8.81. The number of hydrogen-bond acceptors (Lipinski definition) is 7. The van der Waals surface area contributed by atoms with E-state index in [1.54, 1.807) is 12.1 Å². The predicted octanol–water partition coefficient (Wildman–Crippen LogP) is 3.50. The van der Waals surface area contributed by atoms with E-state index in [-0.39, 0.29) is 24.1 Å². The van der Waals surface area contributed by atoms with Gasteiger partial charge in [0.15, 0.2) is 18.1 Å². The fourth-order valence-electron chi connectivity index (χ4n) is 3.53. The summed E-state index contributed by atoms with van der Waals surface area (Å²) in [6.45, 7) is 2.82. The Bertz CT molecular complexity index is 881. The largest absolute Gasteiger partial charge is 0.493 e. The number of cyclic esters (lactones) is 2. The summed E-state index contributed by atoms with van der Waals surface area (Å²) in [6, 6.07) is 3.40. The standard InChI is InChI=1S/C22H26BrNO7/c1-22(2)30-20(26)15(21(27)31-22)9-13-10-17(28-3)18(11-16(13)23)29-12-19(25)24-14-7-5-4-6-8-14/h9-11,14H,4-8,12H2,1-3H3,(H,24,25). The van der Waals surface area contributed by atoms with E-state index >= 15 is 0 Å². The Hall–Kier alpha value is -2.55. The third-order valence-electron chi connectivity index (χ3n) is 5.03. The third kappa shape index (κ3) is 6.00. The van der Waals surface area contributed by atoms with E-state index in [1.807, 2.05) is 0 Å². The van der Waals surface area contributed by atoms with E-state index in [9.17, 15) is 14.4 Å². The Morgan fingerprint density at radius 3 is 2.42 bits per heavy atom. The molecule has 31 heavy (non-hydrogen) atoms. The van der Waals surface area contributed by atoms with Crippen molar-refractivity contribution in [2.24, 2.45) is 0 Å². The first-order valence-electron chi connectivity index (χ1n) is 10.2. The van der Waals surface area contributed by atoms with Gasteiger partial charge in [-0.2, -0.15) is 0 Å². The maximum Gasteiger partial charge on any atom is 0.348 e. The van der Waals surface area contributed by atoms with Gasteiger partial charge in [0.25, 0.3) is 11.7 Å². The van der Waals surface area contributed by atoms with Gasteiger partial charge < -0.3 is 24.3 Å². The first kappa shape index (κ1) is 23.1. The zero-order chi connectivity index (χ0) is 22.6. The molecule has 168 valence electrons. The van der Waals surface area contributed by atoms with E-state index < -0.39 is 17.7 Å². The van der Waals surface area contributed by atoms with Crippen molar-refractivity contribution in [3.8, 4) is 11.5 Å². The van der Waals surface area contributed by atoms with Crippen molar-refractivity contribution in [3.05, 3.63) is 27.7 Å². The molecule has 2 fully saturated rings. The first-order valence-corrected chi connectivity index (χ1v) is 11.0. The quantitative estimate of drug-likeness (QED) is 0.366. The number of benzene rings is 1. The van der Waals surface area contributed by atoms with Crippen molar-refractivity contribution < 1.29 is 33.3 Å². The minimum atomic E-state index is -1.31. The summed E-state index contributed by atoms with van der Waals surface area (Å²) in [6.07, 6.45) is 6.80. The van der Waals surface area contributed by atoms with Gasteiger partial charge in [0.2, 0.25) is 0 Å². The van der Waals surface area contributed by atoms with Gasteiger partial charge in [-0.15, -0.1) is 0 Å². The van der Waals surface area contributed by atoms with Crippen LogP contribution in [0.25, 0.3) is 6.08 Å². The molecule has 0 atom stereocenters. The summed E-state index contributed by atoms with van der Waals surface area (Å²) >= 11 is 3.40. The summed E-state index contributed by atoms with van der Waals surface area (Å²) in [5.41, 5.74) is 0.252. The molecule has 1 aromatic carbocycles. The molecule has 1 aliphatic carbocycles. The molecule has 1 aromatic rings. The zero-order valence-electron chi connectivity index (χ0n) is 17.8. The molecular weight excluding hydrogens is 470 g/mol. The Labute approximate surface area is 189 Å². The average molecular weight is 496 g/mol. The lowest BCUT2D eigenvalue weighted by atomic mass is 9.95. The topological polar surface area (TPSA) is 100 Å². The fourth-order valence-corrected chi connectivity index (χ4v) is 3.96. The molecule has 0 unspecified atom stereocenters. The van der Waals surface area contributed by atoms with Crippen LogP contribution in [0.1, 0.15) is 51.5 Å². The van der Waals surface area contributed by atoms with E-state index in [0.717, 1.165) is 25.7 Å². The molecule has 1 heterocycles. The fraction of sp³-hybridized carbons (Fsp3) is 0.500. The van der Waals surface area contributed by atoms with E-state index in [1.165, 1.54) is 33.5 Å². The van der Waals surface area contributed by atoms with Gasteiger partial charge in [0, 0.05) is 24.4 Å². The molecule has 0 spiro atoms. The summed E-state index contributed by atoms with van der Waals surface area (Å²) in [4.78, 5) is 36.6. The lowest BCUT2D eigenvalue weighted by Gasteiger charge is -2.29. The monoisotopic (exact) mass is 495 g/mol. The van der Waals surface area contributed by atoms with Crippen LogP contribution in [-0.4, -0.2) is 43.4 Å². The zero-order valence-corrected chi connectivity index (χ0v) is 19.4.